The van der Waals surface area contributed by atoms with Gasteiger partial charge in [-0.05, 0) is 37.6 Å². The van der Waals surface area contributed by atoms with Gasteiger partial charge in [0.2, 0.25) is 5.82 Å². The molecule has 2 aliphatic heterocycles. The van der Waals surface area contributed by atoms with E-state index in [9.17, 15) is 10.1 Å². The number of likely N-dealkylation sites (N-methyl/N-ethyl adjacent to an activating group) is 1. The maximum atomic E-state index is 13.1. The van der Waals surface area contributed by atoms with Gasteiger partial charge in [-0.25, -0.2) is 4.98 Å². The Morgan fingerprint density at radius 3 is 2.61 bits per heavy atom. The third kappa shape index (κ3) is 5.97. The number of nitriles is 1. The average Bonchev–Trinajstić information content (AvgIpc) is 2.85. The van der Waals surface area contributed by atoms with E-state index >= 15 is 0 Å². The number of aromatic nitrogens is 2. The Morgan fingerprint density at radius 1 is 1.24 bits per heavy atom. The van der Waals surface area contributed by atoms with Gasteiger partial charge in [-0.3, -0.25) is 20.1 Å². The van der Waals surface area contributed by atoms with Crippen LogP contribution in [0.3, 0.4) is 0 Å². The molecule has 10 heteroatoms. The highest BCUT2D eigenvalue weighted by Gasteiger charge is 2.27. The molecule has 0 saturated carbocycles. The average molecular weight is 470 g/mol. The summed E-state index contributed by atoms with van der Waals surface area (Å²) < 4.78 is 5.47. The number of nitrogens with one attached hydrogen (secondary N) is 1. The number of piperazine rings is 1. The lowest BCUT2D eigenvalue weighted by Crippen LogP contribution is -2.51. The Balaban J connectivity index is 1.48. The summed E-state index contributed by atoms with van der Waals surface area (Å²) in [4.78, 5) is 26.0. The number of carbonyl (C=O) groups excluding carboxylic acids is 1. The van der Waals surface area contributed by atoms with E-state index in [-0.39, 0.29) is 22.8 Å². The van der Waals surface area contributed by atoms with Gasteiger partial charge in [0, 0.05) is 51.5 Å². The quantitative estimate of drug-likeness (QED) is 0.642. The molecule has 0 bridgehead atoms. The Bertz CT molecular complexity index is 997. The minimum absolute atomic E-state index is 0.00559. The molecule has 3 heterocycles. The summed E-state index contributed by atoms with van der Waals surface area (Å²) in [6.07, 6.45) is 2.78. The number of rotatable bonds is 6. The molecule has 2 aromatic rings. The number of benzene rings is 1. The van der Waals surface area contributed by atoms with Crippen LogP contribution in [0.1, 0.15) is 34.6 Å². The van der Waals surface area contributed by atoms with E-state index in [0.29, 0.717) is 37.4 Å². The Labute approximate surface area is 198 Å². The van der Waals surface area contributed by atoms with E-state index in [1.807, 2.05) is 30.3 Å². The SMILES string of the molecule is CN1CCN(Cc2ccc(C(=O)NN(c3nc(C#N)ncc3Cl)C3CCOCC3)cc2)CC1. The molecule has 0 unspecified atom stereocenters. The number of ether oxygens (including phenoxy) is 1. The molecule has 2 aliphatic rings. The zero-order chi connectivity index (χ0) is 23.2. The zero-order valence-electron chi connectivity index (χ0n) is 18.7. The van der Waals surface area contributed by atoms with Gasteiger partial charge >= 0.3 is 0 Å². The van der Waals surface area contributed by atoms with E-state index < -0.39 is 0 Å². The maximum absolute atomic E-state index is 13.1. The molecule has 174 valence electrons. The van der Waals surface area contributed by atoms with Gasteiger partial charge in [0.1, 0.15) is 11.1 Å². The van der Waals surface area contributed by atoms with Gasteiger partial charge in [0.25, 0.3) is 5.91 Å². The van der Waals surface area contributed by atoms with Gasteiger partial charge in [0.15, 0.2) is 5.82 Å². The Kier molecular flexibility index (Phi) is 7.73. The summed E-state index contributed by atoms with van der Waals surface area (Å²) in [6, 6.07) is 9.54. The van der Waals surface area contributed by atoms with Crippen molar-refractivity contribution in [2.45, 2.75) is 25.4 Å². The second kappa shape index (κ2) is 10.9. The molecular weight excluding hydrogens is 442 g/mol. The molecule has 0 aliphatic carbocycles. The summed E-state index contributed by atoms with van der Waals surface area (Å²) in [5, 5.41) is 11.1. The number of hydrazine groups is 1. The van der Waals surface area contributed by atoms with Crippen molar-refractivity contribution in [1.29, 1.82) is 5.26 Å². The highest BCUT2D eigenvalue weighted by atomic mass is 35.5. The lowest BCUT2D eigenvalue weighted by Gasteiger charge is -2.35. The fourth-order valence-electron chi connectivity index (χ4n) is 4.04. The van der Waals surface area contributed by atoms with Crippen LogP contribution in [0.4, 0.5) is 5.82 Å². The molecule has 2 fully saturated rings. The van der Waals surface area contributed by atoms with Crippen molar-refractivity contribution in [2.24, 2.45) is 0 Å². The van der Waals surface area contributed by atoms with Gasteiger partial charge in [-0.2, -0.15) is 10.2 Å². The molecule has 0 atom stereocenters. The van der Waals surface area contributed by atoms with Gasteiger partial charge < -0.3 is 9.64 Å². The highest BCUT2D eigenvalue weighted by molar-refractivity contribution is 6.32. The summed E-state index contributed by atoms with van der Waals surface area (Å²) >= 11 is 6.35. The standard InChI is InChI=1S/C23H28ClN7O2/c1-29-8-10-30(11-9-29)16-17-2-4-18(5-3-17)23(32)28-31(19-6-12-33-13-7-19)22-20(24)15-26-21(14-25)27-22/h2-5,15,19H,6-13,16H2,1H3,(H,28,32). The fraction of sp³-hybridized carbons (Fsp3) is 0.478. The third-order valence-electron chi connectivity index (χ3n) is 6.05. The van der Waals surface area contributed by atoms with Crippen LogP contribution in [0.5, 0.6) is 0 Å². The lowest BCUT2D eigenvalue weighted by molar-refractivity contribution is 0.0775. The van der Waals surface area contributed by atoms with E-state index in [2.05, 4.69) is 32.2 Å². The number of hydrogen-bond acceptors (Lipinski definition) is 8. The van der Waals surface area contributed by atoms with Crippen molar-refractivity contribution in [3.8, 4) is 6.07 Å². The molecule has 4 rings (SSSR count). The largest absolute Gasteiger partial charge is 0.381 e. The minimum Gasteiger partial charge on any atom is -0.381 e. The van der Waals surface area contributed by atoms with Crippen LogP contribution in [0, 0.1) is 11.3 Å². The monoisotopic (exact) mass is 469 g/mol. The van der Waals surface area contributed by atoms with E-state index in [1.54, 1.807) is 5.01 Å². The lowest BCUT2D eigenvalue weighted by atomic mass is 10.1. The molecular formula is C23H28ClN7O2. The normalized spacial score (nSPS) is 18.0. The predicted octanol–water partition coefficient (Wildman–Crippen LogP) is 2.08. The minimum atomic E-state index is -0.263. The second-order valence-electron chi connectivity index (χ2n) is 8.41. The van der Waals surface area contributed by atoms with E-state index in [1.165, 1.54) is 11.8 Å². The maximum Gasteiger partial charge on any atom is 0.269 e. The summed E-state index contributed by atoms with van der Waals surface area (Å²) in [5.41, 5.74) is 4.67. The number of halogens is 1. The molecule has 1 aromatic carbocycles. The number of nitrogens with zero attached hydrogens (tertiary/aromatic N) is 6. The highest BCUT2D eigenvalue weighted by Crippen LogP contribution is 2.26. The van der Waals surface area contributed by atoms with Crippen LogP contribution >= 0.6 is 11.6 Å². The number of amides is 1. The topological polar surface area (TPSA) is 97.6 Å². The van der Waals surface area contributed by atoms with Crippen molar-refractivity contribution in [1.82, 2.24) is 25.2 Å². The van der Waals surface area contributed by atoms with Crippen molar-refractivity contribution in [2.75, 3.05) is 51.4 Å². The summed E-state index contributed by atoms with van der Waals surface area (Å²) in [5.74, 6) is 0.0462. The van der Waals surface area contributed by atoms with Crippen LogP contribution in [0.2, 0.25) is 5.02 Å². The van der Waals surface area contributed by atoms with Crippen molar-refractivity contribution in [3.05, 3.63) is 52.4 Å². The van der Waals surface area contributed by atoms with Crippen LogP contribution in [-0.2, 0) is 11.3 Å². The number of carbonyl (C=O) groups is 1. The van der Waals surface area contributed by atoms with E-state index in [0.717, 1.165) is 32.7 Å². The Hall–Kier alpha value is -2.77. The predicted molar refractivity (Wildman–Crippen MR) is 125 cm³/mol. The molecule has 0 radical (unpaired) electrons. The molecule has 0 spiro atoms. The molecule has 9 nitrogen and oxygen atoms in total. The number of anilines is 1. The third-order valence-corrected chi connectivity index (χ3v) is 6.32. The van der Waals surface area contributed by atoms with Crippen molar-refractivity contribution < 1.29 is 9.53 Å². The zero-order valence-corrected chi connectivity index (χ0v) is 19.5. The first kappa shape index (κ1) is 23.4. The van der Waals surface area contributed by atoms with Crippen LogP contribution in [-0.4, -0.2) is 78.2 Å². The van der Waals surface area contributed by atoms with Crippen LogP contribution in [0.15, 0.2) is 30.5 Å². The van der Waals surface area contributed by atoms with Crippen molar-refractivity contribution >= 4 is 23.3 Å². The first-order valence-corrected chi connectivity index (χ1v) is 11.5. The summed E-state index contributed by atoms with van der Waals surface area (Å²) in [7, 11) is 2.14. The van der Waals surface area contributed by atoms with Crippen molar-refractivity contribution in [3.63, 3.8) is 0 Å². The molecule has 1 aromatic heterocycles. The smallest absolute Gasteiger partial charge is 0.269 e. The van der Waals surface area contributed by atoms with Gasteiger partial charge in [0.05, 0.1) is 12.2 Å². The van der Waals surface area contributed by atoms with Gasteiger partial charge in [-0.15, -0.1) is 0 Å². The van der Waals surface area contributed by atoms with Gasteiger partial charge in [-0.1, -0.05) is 23.7 Å². The molecule has 1 N–H and O–H groups in total. The van der Waals surface area contributed by atoms with Crippen LogP contribution < -0.4 is 10.4 Å². The first-order chi connectivity index (χ1) is 16.0. The fourth-order valence-corrected chi connectivity index (χ4v) is 4.22. The van der Waals surface area contributed by atoms with E-state index in [4.69, 9.17) is 16.3 Å². The van der Waals surface area contributed by atoms with Crippen LogP contribution in [0.25, 0.3) is 0 Å². The molecule has 2 saturated heterocycles. The molecule has 1 amide bonds. The first-order valence-electron chi connectivity index (χ1n) is 11.1. The summed E-state index contributed by atoms with van der Waals surface area (Å²) in [6.45, 7) is 6.25. The Morgan fingerprint density at radius 2 is 1.94 bits per heavy atom. The number of hydrogen-bond donors (Lipinski definition) is 1. The molecule has 33 heavy (non-hydrogen) atoms. The second-order valence-corrected chi connectivity index (χ2v) is 8.81.